The van der Waals surface area contributed by atoms with Gasteiger partial charge in [0.1, 0.15) is 0 Å². The van der Waals surface area contributed by atoms with E-state index in [9.17, 15) is 4.79 Å². The van der Waals surface area contributed by atoms with Gasteiger partial charge in [0.15, 0.2) is 0 Å². The fourth-order valence-corrected chi connectivity index (χ4v) is 2.57. The van der Waals surface area contributed by atoms with Crippen molar-refractivity contribution in [2.75, 3.05) is 12.8 Å². The minimum absolute atomic E-state index is 0.363. The molecule has 0 atom stereocenters. The maximum absolute atomic E-state index is 11.4. The van der Waals surface area contributed by atoms with Crippen LogP contribution < -0.4 is 5.73 Å². The molecular formula is C14H19NO2. The van der Waals surface area contributed by atoms with Crippen molar-refractivity contribution < 1.29 is 9.53 Å². The van der Waals surface area contributed by atoms with Gasteiger partial charge in [-0.2, -0.15) is 0 Å². The topological polar surface area (TPSA) is 52.3 Å². The quantitative estimate of drug-likeness (QED) is 0.630. The number of nitrogens with two attached hydrogens (primary N) is 1. The van der Waals surface area contributed by atoms with Gasteiger partial charge in [-0.25, -0.2) is 4.79 Å². The molecule has 2 N–H and O–H groups in total. The average Bonchev–Trinajstić information content (AvgIpc) is 2.39. The molecular weight excluding hydrogens is 214 g/mol. The molecule has 1 aliphatic rings. The van der Waals surface area contributed by atoms with E-state index < -0.39 is 0 Å². The smallest absolute Gasteiger partial charge is 0.339 e. The van der Waals surface area contributed by atoms with Crippen LogP contribution in [-0.2, 0) is 4.74 Å². The van der Waals surface area contributed by atoms with Crippen LogP contribution in [0.3, 0.4) is 0 Å². The van der Waals surface area contributed by atoms with Gasteiger partial charge in [0.2, 0.25) is 0 Å². The van der Waals surface area contributed by atoms with Gasteiger partial charge in [0.25, 0.3) is 0 Å². The molecule has 3 nitrogen and oxygen atoms in total. The summed E-state index contributed by atoms with van der Waals surface area (Å²) in [5, 5.41) is 0. The highest BCUT2D eigenvalue weighted by Crippen LogP contribution is 2.33. The predicted octanol–water partition coefficient (Wildman–Crippen LogP) is 3.10. The monoisotopic (exact) mass is 233 g/mol. The number of anilines is 1. The zero-order valence-electron chi connectivity index (χ0n) is 10.2. The first-order valence-corrected chi connectivity index (χ1v) is 6.20. The molecule has 2 rings (SSSR count). The van der Waals surface area contributed by atoms with E-state index in [1.54, 1.807) is 6.07 Å². The molecule has 92 valence electrons. The highest BCUT2D eigenvalue weighted by atomic mass is 16.5. The number of ether oxygens (including phenoxy) is 1. The van der Waals surface area contributed by atoms with E-state index in [2.05, 4.69) is 4.74 Å². The number of carbonyl (C=O) groups is 1. The van der Waals surface area contributed by atoms with Crippen LogP contribution in [0.25, 0.3) is 0 Å². The van der Waals surface area contributed by atoms with Gasteiger partial charge in [0, 0.05) is 5.69 Å². The highest BCUT2D eigenvalue weighted by Gasteiger charge is 2.17. The summed E-state index contributed by atoms with van der Waals surface area (Å²) < 4.78 is 4.68. The van der Waals surface area contributed by atoms with E-state index >= 15 is 0 Å². The van der Waals surface area contributed by atoms with Crippen LogP contribution in [-0.4, -0.2) is 13.1 Å². The molecule has 0 bridgehead atoms. The predicted molar refractivity (Wildman–Crippen MR) is 68.0 cm³/mol. The number of carbonyl (C=O) groups excluding carboxylic acids is 1. The van der Waals surface area contributed by atoms with E-state index in [1.165, 1.54) is 44.8 Å². The lowest BCUT2D eigenvalue weighted by Crippen LogP contribution is -2.09. The SMILES string of the molecule is COC(=O)c1ccc(C2CCCCC2)cc1N. The van der Waals surface area contributed by atoms with Crippen LogP contribution in [0, 0.1) is 0 Å². The van der Waals surface area contributed by atoms with Gasteiger partial charge in [-0.05, 0) is 36.5 Å². The van der Waals surface area contributed by atoms with Gasteiger partial charge < -0.3 is 10.5 Å². The Balaban J connectivity index is 2.20. The summed E-state index contributed by atoms with van der Waals surface area (Å²) in [6.45, 7) is 0. The Kier molecular flexibility index (Phi) is 3.67. The van der Waals surface area contributed by atoms with Crippen LogP contribution in [0.2, 0.25) is 0 Å². The number of esters is 1. The van der Waals surface area contributed by atoms with Crippen LogP contribution in [0.15, 0.2) is 18.2 Å². The van der Waals surface area contributed by atoms with Crippen molar-refractivity contribution in [3.05, 3.63) is 29.3 Å². The molecule has 1 fully saturated rings. The number of hydrogen-bond acceptors (Lipinski definition) is 3. The van der Waals surface area contributed by atoms with Gasteiger partial charge in [-0.3, -0.25) is 0 Å². The van der Waals surface area contributed by atoms with Crippen molar-refractivity contribution in [1.82, 2.24) is 0 Å². The van der Waals surface area contributed by atoms with Gasteiger partial charge in [-0.15, -0.1) is 0 Å². The number of hydrogen-bond donors (Lipinski definition) is 1. The zero-order valence-corrected chi connectivity index (χ0v) is 10.2. The van der Waals surface area contributed by atoms with E-state index in [0.717, 1.165) is 0 Å². The second kappa shape index (κ2) is 5.21. The first-order chi connectivity index (χ1) is 8.22. The van der Waals surface area contributed by atoms with E-state index in [4.69, 9.17) is 5.73 Å². The maximum Gasteiger partial charge on any atom is 0.339 e. The standard InChI is InChI=1S/C14H19NO2/c1-17-14(16)12-8-7-11(9-13(12)15)10-5-3-2-4-6-10/h7-10H,2-6,15H2,1H3. The minimum atomic E-state index is -0.363. The first kappa shape index (κ1) is 12.0. The van der Waals surface area contributed by atoms with Gasteiger partial charge in [-0.1, -0.05) is 25.3 Å². The Morgan fingerprint density at radius 2 is 2.00 bits per heavy atom. The molecule has 0 unspecified atom stereocenters. The van der Waals surface area contributed by atoms with Crippen molar-refractivity contribution in [3.63, 3.8) is 0 Å². The second-order valence-electron chi connectivity index (χ2n) is 4.67. The minimum Gasteiger partial charge on any atom is -0.465 e. The van der Waals surface area contributed by atoms with Gasteiger partial charge in [0.05, 0.1) is 12.7 Å². The summed E-state index contributed by atoms with van der Waals surface area (Å²) in [5.74, 6) is 0.246. The summed E-state index contributed by atoms with van der Waals surface area (Å²) in [6, 6.07) is 5.73. The first-order valence-electron chi connectivity index (χ1n) is 6.20. The Labute approximate surface area is 102 Å². The van der Waals surface area contributed by atoms with E-state index in [1.807, 2.05) is 12.1 Å². The fourth-order valence-electron chi connectivity index (χ4n) is 2.57. The fraction of sp³-hybridized carbons (Fsp3) is 0.500. The van der Waals surface area contributed by atoms with Crippen molar-refractivity contribution >= 4 is 11.7 Å². The highest BCUT2D eigenvalue weighted by molar-refractivity contribution is 5.95. The van der Waals surface area contributed by atoms with Crippen molar-refractivity contribution in [2.24, 2.45) is 0 Å². The zero-order chi connectivity index (χ0) is 12.3. The third-order valence-electron chi connectivity index (χ3n) is 3.56. The number of nitrogen functional groups attached to an aromatic ring is 1. The average molecular weight is 233 g/mol. The Bertz CT molecular complexity index is 409. The number of methoxy groups -OCH3 is 1. The van der Waals surface area contributed by atoms with Crippen molar-refractivity contribution in [1.29, 1.82) is 0 Å². The van der Waals surface area contributed by atoms with E-state index in [-0.39, 0.29) is 5.97 Å². The molecule has 0 aromatic heterocycles. The third-order valence-corrected chi connectivity index (χ3v) is 3.56. The maximum atomic E-state index is 11.4. The molecule has 0 spiro atoms. The van der Waals surface area contributed by atoms with Crippen LogP contribution >= 0.6 is 0 Å². The van der Waals surface area contributed by atoms with E-state index in [0.29, 0.717) is 17.2 Å². The molecule has 1 aromatic carbocycles. The van der Waals surface area contributed by atoms with Crippen LogP contribution in [0.5, 0.6) is 0 Å². The molecule has 0 radical (unpaired) electrons. The number of benzene rings is 1. The Morgan fingerprint density at radius 1 is 1.29 bits per heavy atom. The van der Waals surface area contributed by atoms with Crippen molar-refractivity contribution in [3.8, 4) is 0 Å². The normalized spacial score (nSPS) is 16.8. The molecule has 1 aromatic rings. The Morgan fingerprint density at radius 3 is 2.59 bits per heavy atom. The molecule has 1 saturated carbocycles. The Hall–Kier alpha value is -1.51. The summed E-state index contributed by atoms with van der Waals surface area (Å²) in [7, 11) is 1.37. The second-order valence-corrected chi connectivity index (χ2v) is 4.67. The molecule has 0 amide bonds. The number of rotatable bonds is 2. The third kappa shape index (κ3) is 2.60. The molecule has 1 aliphatic carbocycles. The lowest BCUT2D eigenvalue weighted by molar-refractivity contribution is 0.0602. The van der Waals surface area contributed by atoms with Gasteiger partial charge >= 0.3 is 5.97 Å². The van der Waals surface area contributed by atoms with Crippen molar-refractivity contribution in [2.45, 2.75) is 38.0 Å². The van der Waals surface area contributed by atoms with Crippen LogP contribution in [0.4, 0.5) is 5.69 Å². The van der Waals surface area contributed by atoms with Crippen LogP contribution in [0.1, 0.15) is 53.9 Å². The lowest BCUT2D eigenvalue weighted by Gasteiger charge is -2.22. The largest absolute Gasteiger partial charge is 0.465 e. The lowest BCUT2D eigenvalue weighted by atomic mass is 9.83. The molecule has 0 heterocycles. The summed E-state index contributed by atoms with van der Waals surface area (Å²) in [4.78, 5) is 11.4. The summed E-state index contributed by atoms with van der Waals surface area (Å²) >= 11 is 0. The molecule has 0 saturated heterocycles. The molecule has 3 heteroatoms. The molecule has 17 heavy (non-hydrogen) atoms. The molecule has 0 aliphatic heterocycles. The summed E-state index contributed by atoms with van der Waals surface area (Å²) in [5.41, 5.74) is 8.16. The summed E-state index contributed by atoms with van der Waals surface area (Å²) in [6.07, 6.45) is 6.40.